The van der Waals surface area contributed by atoms with Crippen LogP contribution in [0.25, 0.3) is 11.3 Å². The van der Waals surface area contributed by atoms with Gasteiger partial charge in [0.05, 0.1) is 10.6 Å². The summed E-state index contributed by atoms with van der Waals surface area (Å²) in [6, 6.07) is 16.0. The minimum absolute atomic E-state index is 0.257. The van der Waals surface area contributed by atoms with Gasteiger partial charge in [0.25, 0.3) is 10.0 Å². The maximum atomic E-state index is 12.5. The van der Waals surface area contributed by atoms with E-state index in [0.29, 0.717) is 11.5 Å². The van der Waals surface area contributed by atoms with E-state index in [2.05, 4.69) is 21.6 Å². The Bertz CT molecular complexity index is 982. The summed E-state index contributed by atoms with van der Waals surface area (Å²) in [6.45, 7) is 3.93. The maximum absolute atomic E-state index is 12.5. The molecule has 1 N–H and O–H groups in total. The van der Waals surface area contributed by atoms with E-state index in [9.17, 15) is 8.42 Å². The summed E-state index contributed by atoms with van der Waals surface area (Å²) in [4.78, 5) is 8.71. The van der Waals surface area contributed by atoms with Crippen molar-refractivity contribution in [2.24, 2.45) is 0 Å². The first kappa shape index (κ1) is 18.1. The summed E-state index contributed by atoms with van der Waals surface area (Å²) in [7, 11) is -3.60. The molecule has 0 saturated heterocycles. The van der Waals surface area contributed by atoms with Crippen LogP contribution in [0.5, 0.6) is 0 Å². The third-order valence-corrected chi connectivity index (χ3v) is 5.38. The third-order valence-electron chi connectivity index (χ3n) is 3.98. The second kappa shape index (κ2) is 7.66. The zero-order valence-corrected chi connectivity index (χ0v) is 15.6. The smallest absolute Gasteiger partial charge is 0.261 e. The number of sulfonamides is 1. The van der Waals surface area contributed by atoms with Crippen LogP contribution in [0, 0.1) is 6.92 Å². The Labute approximate surface area is 154 Å². The lowest BCUT2D eigenvalue weighted by Gasteiger charge is -2.09. The number of aromatic nitrogens is 2. The minimum atomic E-state index is -3.60. The third kappa shape index (κ3) is 4.26. The molecule has 0 aliphatic carbocycles. The van der Waals surface area contributed by atoms with E-state index in [1.165, 1.54) is 0 Å². The molecule has 0 atom stereocenters. The number of nitrogens with one attached hydrogen (secondary N) is 1. The van der Waals surface area contributed by atoms with E-state index >= 15 is 0 Å². The molecule has 1 aromatic heterocycles. The molecular formula is C20H21N3O2S. The molecule has 0 saturated carbocycles. The number of aryl methyl sites for hydroxylation is 2. The predicted molar refractivity (Wildman–Crippen MR) is 103 cm³/mol. The fourth-order valence-electron chi connectivity index (χ4n) is 2.66. The summed E-state index contributed by atoms with van der Waals surface area (Å²) in [5.41, 5.74) is 3.36. The van der Waals surface area contributed by atoms with E-state index in [0.717, 1.165) is 29.7 Å². The van der Waals surface area contributed by atoms with Crippen molar-refractivity contribution in [1.82, 2.24) is 9.97 Å². The van der Waals surface area contributed by atoms with Crippen LogP contribution >= 0.6 is 0 Å². The van der Waals surface area contributed by atoms with Gasteiger partial charge in [-0.2, -0.15) is 0 Å². The zero-order chi connectivity index (χ0) is 18.6. The molecular weight excluding hydrogens is 346 g/mol. The molecule has 3 rings (SSSR count). The molecule has 1 heterocycles. The monoisotopic (exact) mass is 367 g/mol. The Morgan fingerprint density at radius 3 is 2.27 bits per heavy atom. The highest BCUT2D eigenvalue weighted by Gasteiger charge is 2.14. The SMILES string of the molecule is CCCc1ccc(S(=O)(=O)Nc2ccc(-c3ccnc(C)n3)cc2)cc1. The topological polar surface area (TPSA) is 72.0 Å². The molecule has 0 radical (unpaired) electrons. The van der Waals surface area contributed by atoms with Crippen LogP contribution in [-0.4, -0.2) is 18.4 Å². The minimum Gasteiger partial charge on any atom is -0.280 e. The summed E-state index contributed by atoms with van der Waals surface area (Å²) in [5, 5.41) is 0. The van der Waals surface area contributed by atoms with Gasteiger partial charge >= 0.3 is 0 Å². The van der Waals surface area contributed by atoms with Crippen molar-refractivity contribution in [1.29, 1.82) is 0 Å². The molecule has 0 aliphatic rings. The lowest BCUT2D eigenvalue weighted by molar-refractivity contribution is 0.601. The lowest BCUT2D eigenvalue weighted by Crippen LogP contribution is -2.12. The van der Waals surface area contributed by atoms with E-state index in [-0.39, 0.29) is 4.90 Å². The van der Waals surface area contributed by atoms with Gasteiger partial charge in [-0.15, -0.1) is 0 Å². The second-order valence-electron chi connectivity index (χ2n) is 6.07. The van der Waals surface area contributed by atoms with E-state index in [1.54, 1.807) is 30.5 Å². The molecule has 26 heavy (non-hydrogen) atoms. The highest BCUT2D eigenvalue weighted by molar-refractivity contribution is 7.92. The van der Waals surface area contributed by atoms with Gasteiger partial charge in [-0.05, 0) is 49.2 Å². The van der Waals surface area contributed by atoms with Gasteiger partial charge in [0.1, 0.15) is 5.82 Å². The molecule has 0 aliphatic heterocycles. The summed E-state index contributed by atoms with van der Waals surface area (Å²) < 4.78 is 27.7. The summed E-state index contributed by atoms with van der Waals surface area (Å²) >= 11 is 0. The van der Waals surface area contributed by atoms with Crippen molar-refractivity contribution in [2.45, 2.75) is 31.6 Å². The van der Waals surface area contributed by atoms with E-state index in [4.69, 9.17) is 0 Å². The normalized spacial score (nSPS) is 11.3. The van der Waals surface area contributed by atoms with Crippen molar-refractivity contribution < 1.29 is 8.42 Å². The molecule has 0 amide bonds. The molecule has 134 valence electrons. The van der Waals surface area contributed by atoms with Crippen molar-refractivity contribution >= 4 is 15.7 Å². The number of rotatable bonds is 6. The Morgan fingerprint density at radius 2 is 1.65 bits per heavy atom. The highest BCUT2D eigenvalue weighted by atomic mass is 32.2. The van der Waals surface area contributed by atoms with Gasteiger partial charge in [-0.1, -0.05) is 37.6 Å². The molecule has 5 nitrogen and oxygen atoms in total. The first-order valence-corrected chi connectivity index (χ1v) is 9.98. The fraction of sp³-hybridized carbons (Fsp3) is 0.200. The van der Waals surface area contributed by atoms with Crippen molar-refractivity contribution in [3.05, 3.63) is 72.2 Å². The van der Waals surface area contributed by atoms with Gasteiger partial charge in [-0.25, -0.2) is 18.4 Å². The molecule has 0 unspecified atom stereocenters. The van der Waals surface area contributed by atoms with Crippen LogP contribution in [0.1, 0.15) is 24.7 Å². The highest BCUT2D eigenvalue weighted by Crippen LogP contribution is 2.22. The Hall–Kier alpha value is -2.73. The first-order chi connectivity index (χ1) is 12.5. The molecule has 0 bridgehead atoms. The largest absolute Gasteiger partial charge is 0.280 e. The van der Waals surface area contributed by atoms with E-state index in [1.807, 2.05) is 37.3 Å². The average molecular weight is 367 g/mol. The first-order valence-electron chi connectivity index (χ1n) is 8.50. The predicted octanol–water partition coefficient (Wildman–Crippen LogP) is 4.21. The molecule has 3 aromatic rings. The average Bonchev–Trinajstić information content (AvgIpc) is 2.63. The van der Waals surface area contributed by atoms with Crippen molar-refractivity contribution in [3.63, 3.8) is 0 Å². The van der Waals surface area contributed by atoms with Gasteiger partial charge < -0.3 is 0 Å². The van der Waals surface area contributed by atoms with Gasteiger partial charge in [0.2, 0.25) is 0 Å². The number of hydrogen-bond acceptors (Lipinski definition) is 4. The summed E-state index contributed by atoms with van der Waals surface area (Å²) in [6.07, 6.45) is 3.68. The van der Waals surface area contributed by atoms with Crippen LogP contribution < -0.4 is 4.72 Å². The molecule has 2 aromatic carbocycles. The maximum Gasteiger partial charge on any atom is 0.261 e. The lowest BCUT2D eigenvalue weighted by atomic mass is 10.1. The number of anilines is 1. The Morgan fingerprint density at radius 1 is 0.962 bits per heavy atom. The van der Waals surface area contributed by atoms with Gasteiger partial charge in [-0.3, -0.25) is 4.72 Å². The van der Waals surface area contributed by atoms with Crippen molar-refractivity contribution in [3.8, 4) is 11.3 Å². The molecule has 6 heteroatoms. The zero-order valence-electron chi connectivity index (χ0n) is 14.8. The molecule has 0 spiro atoms. The number of hydrogen-bond donors (Lipinski definition) is 1. The number of nitrogens with zero attached hydrogens (tertiary/aromatic N) is 2. The Kier molecular flexibility index (Phi) is 5.32. The standard InChI is InChI=1S/C20H21N3O2S/c1-3-4-16-5-11-19(12-6-16)26(24,25)23-18-9-7-17(8-10-18)20-13-14-21-15(2)22-20/h5-14,23H,3-4H2,1-2H3. The van der Waals surface area contributed by atoms with Crippen LogP contribution in [0.2, 0.25) is 0 Å². The summed E-state index contributed by atoms with van der Waals surface area (Å²) in [5.74, 6) is 0.693. The van der Waals surface area contributed by atoms with E-state index < -0.39 is 10.0 Å². The second-order valence-corrected chi connectivity index (χ2v) is 7.75. The van der Waals surface area contributed by atoms with Crippen LogP contribution in [0.4, 0.5) is 5.69 Å². The van der Waals surface area contributed by atoms with Crippen LogP contribution in [0.15, 0.2) is 65.7 Å². The molecule has 0 fully saturated rings. The Balaban J connectivity index is 1.77. The van der Waals surface area contributed by atoms with Crippen LogP contribution in [0.3, 0.4) is 0 Å². The van der Waals surface area contributed by atoms with Gasteiger partial charge in [0, 0.05) is 17.4 Å². The fourth-order valence-corrected chi connectivity index (χ4v) is 3.72. The quantitative estimate of drug-likeness (QED) is 0.708. The number of benzene rings is 2. The van der Waals surface area contributed by atoms with Gasteiger partial charge in [0.15, 0.2) is 0 Å². The van der Waals surface area contributed by atoms with Crippen LogP contribution in [-0.2, 0) is 16.4 Å². The van der Waals surface area contributed by atoms with Crippen molar-refractivity contribution in [2.75, 3.05) is 4.72 Å².